The van der Waals surface area contributed by atoms with Crippen LogP contribution in [0.25, 0.3) is 17.0 Å². The van der Waals surface area contributed by atoms with E-state index in [1.165, 1.54) is 24.6 Å². The quantitative estimate of drug-likeness (QED) is 0.496. The van der Waals surface area contributed by atoms with Gasteiger partial charge in [-0.15, -0.1) is 12.4 Å². The van der Waals surface area contributed by atoms with E-state index >= 15 is 0 Å². The predicted octanol–water partition coefficient (Wildman–Crippen LogP) is 5.19. The molecule has 174 valence electrons. The van der Waals surface area contributed by atoms with Crippen LogP contribution in [0.3, 0.4) is 0 Å². The van der Waals surface area contributed by atoms with Crippen LogP contribution < -0.4 is 10.5 Å². The molecule has 0 saturated heterocycles. The fraction of sp³-hybridized carbons (Fsp3) is 0.320. The number of fused-ring (bicyclic) bond motifs is 2. The molecule has 1 aliphatic heterocycles. The Morgan fingerprint density at radius 1 is 1.21 bits per heavy atom. The van der Waals surface area contributed by atoms with Gasteiger partial charge in [-0.1, -0.05) is 0 Å². The molecule has 0 atom stereocenters. The Morgan fingerprint density at radius 2 is 2.03 bits per heavy atom. The van der Waals surface area contributed by atoms with E-state index in [0.717, 1.165) is 54.4 Å². The second kappa shape index (κ2) is 9.43. The van der Waals surface area contributed by atoms with Crippen LogP contribution >= 0.6 is 12.4 Å². The maximum atomic E-state index is 14.2. The normalized spacial score (nSPS) is 15.2. The Morgan fingerprint density at radius 3 is 2.76 bits per heavy atom. The number of aryl methyl sites for hydroxylation is 1. The second-order valence-corrected chi connectivity index (χ2v) is 8.51. The first-order valence-electron chi connectivity index (χ1n) is 11.0. The summed E-state index contributed by atoms with van der Waals surface area (Å²) in [6, 6.07) is 7.80. The minimum absolute atomic E-state index is 0. The van der Waals surface area contributed by atoms with Gasteiger partial charge in [-0.25, -0.2) is 8.78 Å². The van der Waals surface area contributed by atoms with Gasteiger partial charge >= 0.3 is 0 Å². The van der Waals surface area contributed by atoms with Crippen molar-refractivity contribution in [3.8, 4) is 5.75 Å². The number of aromatic amines is 1. The number of H-pyrrole nitrogens is 1. The van der Waals surface area contributed by atoms with Crippen LogP contribution in [0.2, 0.25) is 0 Å². The van der Waals surface area contributed by atoms with E-state index < -0.39 is 11.7 Å². The van der Waals surface area contributed by atoms with Crippen molar-refractivity contribution >= 4 is 35.3 Å². The monoisotopic (exact) mass is 473 g/mol. The van der Waals surface area contributed by atoms with Gasteiger partial charge in [0.05, 0.1) is 11.3 Å². The minimum Gasteiger partial charge on any atom is -0.484 e. The molecule has 2 aromatic carbocycles. The highest BCUT2D eigenvalue weighted by molar-refractivity contribution is 5.98. The van der Waals surface area contributed by atoms with Crippen molar-refractivity contribution in [3.63, 3.8) is 0 Å². The Labute approximate surface area is 197 Å². The molecular weight excluding hydrogens is 448 g/mol. The number of hydrogen-bond acceptors (Lipinski definition) is 3. The standard InChI is InChI=1S/C25H25F2N3O2.ClH/c26-16-6-9-23-20(11-16)15(13-29-23)3-2-10-30(17-4-1-5-17)18-12-21-19(25(28)31)7-8-22(27)24(21)32-14-18;/h6-9,11-13,17,29H,1-5,10,14H2,(H2,28,31);1H. The summed E-state index contributed by atoms with van der Waals surface area (Å²) in [5.74, 6) is -1.26. The first kappa shape index (κ1) is 23.1. The number of hydrogen-bond donors (Lipinski definition) is 2. The van der Waals surface area contributed by atoms with Gasteiger partial charge < -0.3 is 20.4 Å². The number of rotatable bonds is 7. The number of aromatic nitrogens is 1. The van der Waals surface area contributed by atoms with E-state index in [1.807, 2.05) is 12.3 Å². The maximum absolute atomic E-state index is 14.2. The summed E-state index contributed by atoms with van der Waals surface area (Å²) in [7, 11) is 0. The highest BCUT2D eigenvalue weighted by Gasteiger charge is 2.30. The highest BCUT2D eigenvalue weighted by Crippen LogP contribution is 2.36. The third-order valence-electron chi connectivity index (χ3n) is 6.55. The molecule has 1 amide bonds. The van der Waals surface area contributed by atoms with Crippen molar-refractivity contribution in [2.75, 3.05) is 13.2 Å². The predicted molar refractivity (Wildman–Crippen MR) is 127 cm³/mol. The van der Waals surface area contributed by atoms with Gasteiger partial charge in [0, 0.05) is 35.2 Å². The van der Waals surface area contributed by atoms with Crippen LogP contribution in [0, 0.1) is 11.6 Å². The molecule has 3 N–H and O–H groups in total. The number of nitrogens with two attached hydrogens (primary N) is 1. The number of nitrogens with zero attached hydrogens (tertiary/aromatic N) is 1. The van der Waals surface area contributed by atoms with E-state index in [0.29, 0.717) is 11.6 Å². The van der Waals surface area contributed by atoms with Crippen LogP contribution in [-0.4, -0.2) is 35.0 Å². The molecule has 8 heteroatoms. The second-order valence-electron chi connectivity index (χ2n) is 8.51. The Kier molecular flexibility index (Phi) is 6.61. The first-order valence-corrected chi connectivity index (χ1v) is 11.0. The lowest BCUT2D eigenvalue weighted by atomic mass is 9.90. The van der Waals surface area contributed by atoms with Crippen molar-refractivity contribution in [1.82, 2.24) is 9.88 Å². The maximum Gasteiger partial charge on any atom is 0.249 e. The summed E-state index contributed by atoms with van der Waals surface area (Å²) in [5.41, 5.74) is 9.13. The zero-order valence-corrected chi connectivity index (χ0v) is 18.9. The van der Waals surface area contributed by atoms with E-state index in [4.69, 9.17) is 10.5 Å². The van der Waals surface area contributed by atoms with Crippen LogP contribution in [0.15, 0.2) is 42.2 Å². The lowest BCUT2D eigenvalue weighted by Crippen LogP contribution is -2.42. The van der Waals surface area contributed by atoms with Crippen molar-refractivity contribution in [2.24, 2.45) is 5.73 Å². The van der Waals surface area contributed by atoms with Crippen LogP contribution in [0.4, 0.5) is 8.78 Å². The summed E-state index contributed by atoms with van der Waals surface area (Å²) >= 11 is 0. The smallest absolute Gasteiger partial charge is 0.249 e. The van der Waals surface area contributed by atoms with Crippen LogP contribution in [0.1, 0.15) is 47.2 Å². The average Bonchev–Trinajstić information content (AvgIpc) is 3.13. The topological polar surface area (TPSA) is 71.4 Å². The molecule has 2 heterocycles. The summed E-state index contributed by atoms with van der Waals surface area (Å²) in [5, 5.41) is 0.913. The van der Waals surface area contributed by atoms with E-state index in [2.05, 4.69) is 9.88 Å². The number of carbonyl (C=O) groups excluding carboxylic acids is 1. The molecule has 5 rings (SSSR count). The molecule has 3 aromatic rings. The summed E-state index contributed by atoms with van der Waals surface area (Å²) in [6.45, 7) is 1.04. The van der Waals surface area contributed by atoms with Gasteiger partial charge in [-0.3, -0.25) is 4.79 Å². The molecule has 1 fully saturated rings. The van der Waals surface area contributed by atoms with Crippen molar-refractivity contribution in [3.05, 3.63) is 70.6 Å². The highest BCUT2D eigenvalue weighted by atomic mass is 35.5. The van der Waals surface area contributed by atoms with Crippen molar-refractivity contribution in [2.45, 2.75) is 38.1 Å². The number of nitrogens with one attached hydrogen (secondary N) is 1. The third kappa shape index (κ3) is 4.42. The Bertz CT molecular complexity index is 1220. The number of ether oxygens (including phenoxy) is 1. The molecule has 1 saturated carbocycles. The molecule has 0 bridgehead atoms. The number of benzene rings is 2. The fourth-order valence-electron chi connectivity index (χ4n) is 4.65. The summed E-state index contributed by atoms with van der Waals surface area (Å²) in [6.07, 6.45) is 8.83. The Hall–Kier alpha value is -3.06. The van der Waals surface area contributed by atoms with E-state index in [9.17, 15) is 13.6 Å². The molecule has 1 aliphatic carbocycles. The van der Waals surface area contributed by atoms with Crippen molar-refractivity contribution < 1.29 is 18.3 Å². The molecular formula is C25H26ClF2N3O2. The van der Waals surface area contributed by atoms with E-state index in [-0.39, 0.29) is 36.1 Å². The molecule has 0 spiro atoms. The average molecular weight is 474 g/mol. The lowest BCUT2D eigenvalue weighted by Gasteiger charge is -2.41. The SMILES string of the molecule is Cl.NC(=O)c1ccc(F)c2c1C=C(N(CCCc1c[nH]c3ccc(F)cc13)C1CCC1)CO2. The number of carbonyl (C=O) groups is 1. The van der Waals surface area contributed by atoms with Crippen LogP contribution in [-0.2, 0) is 6.42 Å². The zero-order chi connectivity index (χ0) is 22.2. The summed E-state index contributed by atoms with van der Waals surface area (Å²) < 4.78 is 33.7. The number of halogens is 3. The van der Waals surface area contributed by atoms with Gasteiger partial charge in [-0.05, 0) is 74.1 Å². The molecule has 2 aliphatic rings. The third-order valence-corrected chi connectivity index (χ3v) is 6.55. The van der Waals surface area contributed by atoms with Crippen LogP contribution in [0.5, 0.6) is 5.75 Å². The molecule has 0 unspecified atom stereocenters. The van der Waals surface area contributed by atoms with Gasteiger partial charge in [0.1, 0.15) is 12.4 Å². The molecule has 5 nitrogen and oxygen atoms in total. The minimum atomic E-state index is -0.607. The van der Waals surface area contributed by atoms with E-state index in [1.54, 1.807) is 12.1 Å². The summed E-state index contributed by atoms with van der Waals surface area (Å²) in [4.78, 5) is 17.4. The molecule has 1 aromatic heterocycles. The van der Waals surface area contributed by atoms with Gasteiger partial charge in [0.2, 0.25) is 5.91 Å². The number of amides is 1. The van der Waals surface area contributed by atoms with Gasteiger partial charge in [0.25, 0.3) is 0 Å². The lowest BCUT2D eigenvalue weighted by molar-refractivity contribution is 0.0999. The number of primary amides is 1. The molecule has 0 radical (unpaired) electrons. The largest absolute Gasteiger partial charge is 0.484 e. The van der Waals surface area contributed by atoms with Gasteiger partial charge in [0.15, 0.2) is 11.6 Å². The van der Waals surface area contributed by atoms with Crippen molar-refractivity contribution in [1.29, 1.82) is 0 Å². The first-order chi connectivity index (χ1) is 15.5. The zero-order valence-electron chi connectivity index (χ0n) is 18.1. The molecule has 33 heavy (non-hydrogen) atoms. The fourth-order valence-corrected chi connectivity index (χ4v) is 4.65. The Balaban J connectivity index is 0.00000259. The van der Waals surface area contributed by atoms with Gasteiger partial charge in [-0.2, -0.15) is 0 Å².